The average molecular weight is 446 g/mol. The lowest BCUT2D eigenvalue weighted by atomic mass is 9.89. The van der Waals surface area contributed by atoms with Crippen LogP contribution in [0.25, 0.3) is 10.9 Å². The second-order valence-electron chi connectivity index (χ2n) is 8.30. The number of ether oxygens (including phenoxy) is 1. The Hall–Kier alpha value is -4.00. The van der Waals surface area contributed by atoms with Crippen LogP contribution < -0.4 is 10.1 Å². The van der Waals surface area contributed by atoms with Crippen molar-refractivity contribution in [2.75, 3.05) is 7.05 Å². The Balaban J connectivity index is 1.64. The van der Waals surface area contributed by atoms with Crippen LogP contribution in [0, 0.1) is 0 Å². The fraction of sp³-hybridized carbons (Fsp3) is 0.231. The molecule has 0 radical (unpaired) electrons. The third-order valence-corrected chi connectivity index (χ3v) is 6.06. The summed E-state index contributed by atoms with van der Waals surface area (Å²) >= 11 is 0. The van der Waals surface area contributed by atoms with Crippen molar-refractivity contribution in [1.82, 2.24) is 15.2 Å². The number of carbonyl (C=O) groups excluding carboxylic acids is 2. The molecule has 4 rings (SSSR count). The molecular weight excluding hydrogens is 418 g/mol. The Kier molecular flexibility index (Phi) is 6.22. The lowest BCUT2D eigenvalue weighted by Gasteiger charge is -2.37. The van der Waals surface area contributed by atoms with Crippen molar-refractivity contribution in [2.45, 2.75) is 31.8 Å². The minimum Gasteiger partial charge on any atom is -0.469 e. The number of aromatic amines is 1. The van der Waals surface area contributed by atoms with Gasteiger partial charge >= 0.3 is 6.09 Å². The van der Waals surface area contributed by atoms with Crippen LogP contribution in [0.1, 0.15) is 31.0 Å². The van der Waals surface area contributed by atoms with Crippen molar-refractivity contribution in [3.05, 3.63) is 90.5 Å². The molecule has 2 heterocycles. The van der Waals surface area contributed by atoms with Gasteiger partial charge in [-0.3, -0.25) is 9.69 Å². The molecule has 0 aliphatic rings. The smallest absolute Gasteiger partial charge is 0.415 e. The summed E-state index contributed by atoms with van der Waals surface area (Å²) in [6.45, 7) is 3.67. The zero-order valence-electron chi connectivity index (χ0n) is 18.9. The largest absolute Gasteiger partial charge is 0.469 e. The highest BCUT2D eigenvalue weighted by Crippen LogP contribution is 2.28. The average Bonchev–Trinajstić information content (AvgIpc) is 3.49. The van der Waals surface area contributed by atoms with Crippen LogP contribution in [0.2, 0.25) is 0 Å². The Morgan fingerprint density at radius 1 is 1.12 bits per heavy atom. The number of aromatic nitrogens is 1. The summed E-state index contributed by atoms with van der Waals surface area (Å²) in [7, 11) is 1.57. The third kappa shape index (κ3) is 4.62. The van der Waals surface area contributed by atoms with E-state index in [9.17, 15) is 9.59 Å². The van der Waals surface area contributed by atoms with Gasteiger partial charge in [0.05, 0.1) is 12.3 Å². The van der Waals surface area contributed by atoms with Crippen LogP contribution >= 0.6 is 0 Å². The second kappa shape index (κ2) is 9.24. The number of nitrogens with zero attached hydrogens (tertiary/aromatic N) is 1. The number of benzene rings is 2. The molecule has 0 aliphatic heterocycles. The lowest BCUT2D eigenvalue weighted by Crippen LogP contribution is -2.59. The van der Waals surface area contributed by atoms with E-state index in [-0.39, 0.29) is 17.7 Å². The van der Waals surface area contributed by atoms with Crippen LogP contribution in [0.3, 0.4) is 0 Å². The van der Waals surface area contributed by atoms with E-state index in [0.29, 0.717) is 6.42 Å². The van der Waals surface area contributed by atoms with Crippen LogP contribution in [-0.2, 0) is 11.2 Å². The summed E-state index contributed by atoms with van der Waals surface area (Å²) in [6.07, 6.45) is 4.27. The minimum absolute atomic E-state index is 0.237. The number of likely N-dealkylation sites (N-methyl/N-ethyl adjacent to an activating group) is 1. The molecule has 0 fully saturated rings. The lowest BCUT2D eigenvalue weighted by molar-refractivity contribution is -0.131. The summed E-state index contributed by atoms with van der Waals surface area (Å²) in [4.78, 5) is 31.2. The van der Waals surface area contributed by atoms with Crippen LogP contribution in [0.5, 0.6) is 5.75 Å². The highest BCUT2D eigenvalue weighted by molar-refractivity contribution is 5.92. The molecule has 7 nitrogen and oxygen atoms in total. The first-order valence-electron chi connectivity index (χ1n) is 10.8. The van der Waals surface area contributed by atoms with Crippen molar-refractivity contribution in [2.24, 2.45) is 0 Å². The maximum absolute atomic E-state index is 13.7. The predicted octanol–water partition coefficient (Wildman–Crippen LogP) is 5.07. The van der Waals surface area contributed by atoms with Gasteiger partial charge in [-0.25, -0.2) is 4.79 Å². The van der Waals surface area contributed by atoms with E-state index in [1.165, 1.54) is 17.4 Å². The number of hydrogen-bond acceptors (Lipinski definition) is 4. The molecule has 0 aliphatic carbocycles. The highest BCUT2D eigenvalue weighted by atomic mass is 16.6. The zero-order chi connectivity index (χ0) is 23.4. The number of fused-ring (bicyclic) bond motifs is 1. The summed E-state index contributed by atoms with van der Waals surface area (Å²) in [6, 6.07) is 18.9. The van der Waals surface area contributed by atoms with Gasteiger partial charge in [-0.15, -0.1) is 0 Å². The molecule has 0 bridgehead atoms. The van der Waals surface area contributed by atoms with Crippen LogP contribution in [0.15, 0.2) is 83.8 Å². The van der Waals surface area contributed by atoms with E-state index in [1.54, 1.807) is 20.0 Å². The van der Waals surface area contributed by atoms with Gasteiger partial charge in [-0.2, -0.15) is 0 Å². The molecule has 0 saturated carbocycles. The summed E-state index contributed by atoms with van der Waals surface area (Å²) in [5.74, 6) is -0.00451. The molecule has 7 heteroatoms. The predicted molar refractivity (Wildman–Crippen MR) is 126 cm³/mol. The number of rotatable bonds is 7. The fourth-order valence-corrected chi connectivity index (χ4v) is 3.86. The van der Waals surface area contributed by atoms with Crippen molar-refractivity contribution in [1.29, 1.82) is 0 Å². The van der Waals surface area contributed by atoms with Gasteiger partial charge in [0.1, 0.15) is 11.8 Å². The molecule has 0 spiro atoms. The number of amides is 2. The Bertz CT molecular complexity index is 1230. The molecule has 2 aromatic heterocycles. The SMILES string of the molecule is C[C@H](NC(=O)[C@@](C)(Cc1c[nH]c2ccccc12)N(C)C(=O)Oc1ccoc1)c1ccccc1. The monoisotopic (exact) mass is 445 g/mol. The van der Waals surface area contributed by atoms with Gasteiger partial charge in [0.25, 0.3) is 0 Å². The zero-order valence-corrected chi connectivity index (χ0v) is 18.9. The van der Waals surface area contributed by atoms with E-state index in [4.69, 9.17) is 9.15 Å². The van der Waals surface area contributed by atoms with Crippen molar-refractivity contribution in [3.8, 4) is 5.75 Å². The second-order valence-corrected chi connectivity index (χ2v) is 8.30. The van der Waals surface area contributed by atoms with Crippen LogP contribution in [-0.4, -0.2) is 34.5 Å². The molecule has 33 heavy (non-hydrogen) atoms. The Morgan fingerprint density at radius 3 is 2.58 bits per heavy atom. The molecule has 2 N–H and O–H groups in total. The fourth-order valence-electron chi connectivity index (χ4n) is 3.86. The van der Waals surface area contributed by atoms with Gasteiger partial charge in [-0.05, 0) is 31.0 Å². The number of furan rings is 1. The number of para-hydroxylation sites is 1. The molecule has 2 aromatic carbocycles. The first-order valence-corrected chi connectivity index (χ1v) is 10.8. The summed E-state index contributed by atoms with van der Waals surface area (Å²) < 4.78 is 10.4. The van der Waals surface area contributed by atoms with E-state index in [0.717, 1.165) is 22.0 Å². The van der Waals surface area contributed by atoms with E-state index < -0.39 is 11.6 Å². The standard InChI is InChI=1S/C26H27N3O4/c1-18(19-9-5-4-6-10-19)28-24(30)26(2,29(3)25(31)33-21-13-14-32-17-21)15-20-16-27-23-12-8-7-11-22(20)23/h4-14,16-18,27H,15H2,1-3H3,(H,28,30)/t18-,26+/m0/s1. The highest BCUT2D eigenvalue weighted by Gasteiger charge is 2.42. The third-order valence-electron chi connectivity index (χ3n) is 6.06. The van der Waals surface area contributed by atoms with Gasteiger partial charge in [-0.1, -0.05) is 48.5 Å². The Morgan fingerprint density at radius 2 is 1.85 bits per heavy atom. The minimum atomic E-state index is -1.23. The molecule has 0 saturated heterocycles. The van der Waals surface area contributed by atoms with Gasteiger partial charge in [0.15, 0.2) is 5.75 Å². The maximum Gasteiger partial charge on any atom is 0.415 e. The Labute approximate surface area is 192 Å². The molecule has 4 aromatic rings. The molecule has 170 valence electrons. The molecular formula is C26H27N3O4. The van der Waals surface area contributed by atoms with Crippen molar-refractivity contribution in [3.63, 3.8) is 0 Å². The molecule has 2 atom stereocenters. The van der Waals surface area contributed by atoms with Gasteiger partial charge in [0.2, 0.25) is 5.91 Å². The summed E-state index contributed by atoms with van der Waals surface area (Å²) in [5, 5.41) is 4.08. The quantitative estimate of drug-likeness (QED) is 0.416. The first-order chi connectivity index (χ1) is 15.9. The van der Waals surface area contributed by atoms with Crippen molar-refractivity contribution < 1.29 is 18.7 Å². The molecule has 0 unspecified atom stereocenters. The molecule has 2 amide bonds. The van der Waals surface area contributed by atoms with Crippen molar-refractivity contribution >= 4 is 22.9 Å². The van der Waals surface area contributed by atoms with Gasteiger partial charge in [0, 0.05) is 36.6 Å². The number of H-pyrrole nitrogens is 1. The topological polar surface area (TPSA) is 87.6 Å². The maximum atomic E-state index is 13.7. The number of hydrogen-bond donors (Lipinski definition) is 2. The number of nitrogens with one attached hydrogen (secondary N) is 2. The number of carbonyl (C=O) groups is 2. The van der Waals surface area contributed by atoms with E-state index >= 15 is 0 Å². The first kappa shape index (κ1) is 22.2. The van der Waals surface area contributed by atoms with E-state index in [2.05, 4.69) is 10.3 Å². The van der Waals surface area contributed by atoms with Crippen LogP contribution in [0.4, 0.5) is 4.79 Å². The summed E-state index contributed by atoms with van der Waals surface area (Å²) in [5.41, 5.74) is 1.65. The van der Waals surface area contributed by atoms with Gasteiger partial charge < -0.3 is 19.5 Å². The normalized spacial score (nSPS) is 13.8. The van der Waals surface area contributed by atoms with E-state index in [1.807, 2.05) is 67.7 Å².